The maximum absolute atomic E-state index is 14.6. The normalized spacial score (nSPS) is 22.1. The molecule has 1 aliphatic heterocycles. The van der Waals surface area contributed by atoms with Crippen LogP contribution in [0.15, 0.2) is 30.3 Å². The molecule has 0 bridgehead atoms. The minimum atomic E-state index is -1.34. The van der Waals surface area contributed by atoms with Gasteiger partial charge in [0, 0.05) is 30.7 Å². The van der Waals surface area contributed by atoms with E-state index in [1.165, 1.54) is 18.2 Å². The Kier molecular flexibility index (Phi) is 5.93. The van der Waals surface area contributed by atoms with Gasteiger partial charge < -0.3 is 9.84 Å². The predicted octanol–water partition coefficient (Wildman–Crippen LogP) is 5.19. The highest BCUT2D eigenvalue weighted by atomic mass is 35.5. The molecule has 30 heavy (non-hydrogen) atoms. The minimum Gasteiger partial charge on any atom is -0.486 e. The van der Waals surface area contributed by atoms with E-state index in [0.29, 0.717) is 23.7 Å². The Morgan fingerprint density at radius 1 is 1.20 bits per heavy atom. The molecule has 1 aliphatic carbocycles. The second kappa shape index (κ2) is 8.47. The summed E-state index contributed by atoms with van der Waals surface area (Å²) in [7, 11) is 0. The molecule has 1 saturated carbocycles. The summed E-state index contributed by atoms with van der Waals surface area (Å²) in [5.41, 5.74) is 0.932. The van der Waals surface area contributed by atoms with Crippen LogP contribution in [0.25, 0.3) is 0 Å². The Morgan fingerprint density at radius 3 is 2.63 bits per heavy atom. The summed E-state index contributed by atoms with van der Waals surface area (Å²) in [6.07, 6.45) is -0.109. The number of carboxylic acid groups (broad SMARTS) is 1. The number of piperidine rings is 1. The Bertz CT molecular complexity index is 967. The molecule has 1 unspecified atom stereocenters. The number of nitrogens with zero attached hydrogens (tertiary/aromatic N) is 1. The molecule has 2 aliphatic rings. The number of hydrogen-bond acceptors (Lipinski definition) is 3. The molecule has 0 radical (unpaired) electrons. The molecule has 0 aromatic heterocycles. The highest BCUT2D eigenvalue weighted by Gasteiger charge is 2.34. The number of rotatable bonds is 6. The fourth-order valence-electron chi connectivity index (χ4n) is 3.81. The van der Waals surface area contributed by atoms with Gasteiger partial charge in [-0.1, -0.05) is 17.7 Å². The third-order valence-electron chi connectivity index (χ3n) is 5.60. The van der Waals surface area contributed by atoms with E-state index in [4.69, 9.17) is 16.3 Å². The minimum absolute atomic E-state index is 0.106. The van der Waals surface area contributed by atoms with E-state index in [0.717, 1.165) is 24.5 Å². The van der Waals surface area contributed by atoms with Crippen molar-refractivity contribution in [3.63, 3.8) is 0 Å². The zero-order valence-electron chi connectivity index (χ0n) is 16.1. The lowest BCUT2D eigenvalue weighted by atomic mass is 10.0. The van der Waals surface area contributed by atoms with Crippen molar-refractivity contribution in [3.05, 3.63) is 63.7 Å². The number of benzene rings is 2. The number of likely N-dealkylation sites (tertiary alicyclic amines) is 1. The Hall–Kier alpha value is -2.25. The summed E-state index contributed by atoms with van der Waals surface area (Å²) in [4.78, 5) is 13.2. The quantitative estimate of drug-likeness (QED) is 0.673. The second-order valence-electron chi connectivity index (χ2n) is 7.88. The van der Waals surface area contributed by atoms with Gasteiger partial charge >= 0.3 is 5.97 Å². The first kappa shape index (κ1) is 21.0. The molecule has 4 nitrogen and oxygen atoms in total. The topological polar surface area (TPSA) is 49.8 Å². The lowest BCUT2D eigenvalue weighted by Gasteiger charge is -2.35. The third kappa shape index (κ3) is 4.57. The lowest BCUT2D eigenvalue weighted by molar-refractivity contribution is 0.0160. The summed E-state index contributed by atoms with van der Waals surface area (Å²) < 4.78 is 48.0. The maximum atomic E-state index is 14.6. The summed E-state index contributed by atoms with van der Waals surface area (Å²) in [6.45, 7) is 1.14. The number of hydrogen-bond donors (Lipinski definition) is 1. The van der Waals surface area contributed by atoms with E-state index in [2.05, 4.69) is 0 Å². The molecular formula is C22H21ClF3NO3. The van der Waals surface area contributed by atoms with Crippen molar-refractivity contribution in [2.75, 3.05) is 13.1 Å². The number of halogens is 4. The predicted molar refractivity (Wildman–Crippen MR) is 106 cm³/mol. The van der Waals surface area contributed by atoms with E-state index in [-0.39, 0.29) is 24.6 Å². The zero-order chi connectivity index (χ0) is 21.4. The monoisotopic (exact) mass is 439 g/mol. The molecule has 2 aromatic rings. The van der Waals surface area contributed by atoms with Gasteiger partial charge in [0.1, 0.15) is 29.7 Å². The van der Waals surface area contributed by atoms with Gasteiger partial charge in [0.15, 0.2) is 0 Å². The van der Waals surface area contributed by atoms with Crippen LogP contribution in [0.1, 0.15) is 46.7 Å². The van der Waals surface area contributed by atoms with Gasteiger partial charge in [0.2, 0.25) is 0 Å². The van der Waals surface area contributed by atoms with E-state index in [9.17, 15) is 23.1 Å². The SMILES string of the molecule is O=C(O)c1cc(C2CC2)c(OC2CN(Cc3ccc(F)cc3Cl)CC[C@@H]2F)cc1F. The zero-order valence-corrected chi connectivity index (χ0v) is 16.8. The second-order valence-corrected chi connectivity index (χ2v) is 8.29. The first-order valence-corrected chi connectivity index (χ1v) is 10.2. The van der Waals surface area contributed by atoms with E-state index in [1.54, 1.807) is 6.07 Å². The summed E-state index contributed by atoms with van der Waals surface area (Å²) in [5, 5.41) is 9.48. The summed E-state index contributed by atoms with van der Waals surface area (Å²) in [6, 6.07) is 6.52. The third-order valence-corrected chi connectivity index (χ3v) is 5.95. The number of carboxylic acids is 1. The molecule has 2 atom stereocenters. The van der Waals surface area contributed by atoms with E-state index < -0.39 is 35.4 Å². The number of alkyl halides is 1. The highest BCUT2D eigenvalue weighted by molar-refractivity contribution is 6.31. The van der Waals surface area contributed by atoms with Crippen LogP contribution in [0.3, 0.4) is 0 Å². The lowest BCUT2D eigenvalue weighted by Crippen LogP contribution is -2.47. The van der Waals surface area contributed by atoms with Crippen LogP contribution in [0, 0.1) is 11.6 Å². The van der Waals surface area contributed by atoms with Crippen LogP contribution in [0.2, 0.25) is 5.02 Å². The van der Waals surface area contributed by atoms with Crippen molar-refractivity contribution in [1.82, 2.24) is 4.90 Å². The molecule has 1 heterocycles. The van der Waals surface area contributed by atoms with Gasteiger partial charge in [-0.3, -0.25) is 4.90 Å². The molecule has 2 fully saturated rings. The largest absolute Gasteiger partial charge is 0.486 e. The molecule has 1 N–H and O–H groups in total. The van der Waals surface area contributed by atoms with Crippen molar-refractivity contribution >= 4 is 17.6 Å². The fourth-order valence-corrected chi connectivity index (χ4v) is 4.04. The molecule has 1 saturated heterocycles. The van der Waals surface area contributed by atoms with E-state index in [1.807, 2.05) is 4.90 Å². The van der Waals surface area contributed by atoms with Gasteiger partial charge in [-0.2, -0.15) is 0 Å². The molecular weight excluding hydrogens is 419 g/mol. The molecule has 2 aromatic carbocycles. The molecule has 8 heteroatoms. The van der Waals surface area contributed by atoms with Gasteiger partial charge in [0.25, 0.3) is 0 Å². The molecule has 0 spiro atoms. The van der Waals surface area contributed by atoms with Crippen LogP contribution in [-0.2, 0) is 6.54 Å². The van der Waals surface area contributed by atoms with E-state index >= 15 is 0 Å². The first-order valence-electron chi connectivity index (χ1n) is 9.85. The Balaban J connectivity index is 1.52. The van der Waals surface area contributed by atoms with Gasteiger partial charge in [-0.25, -0.2) is 18.0 Å². The average molecular weight is 440 g/mol. The van der Waals surface area contributed by atoms with Crippen LogP contribution in [-0.4, -0.2) is 41.3 Å². The molecule has 160 valence electrons. The molecule has 4 rings (SSSR count). The smallest absolute Gasteiger partial charge is 0.338 e. The number of ether oxygens (including phenoxy) is 1. The fraction of sp³-hybridized carbons (Fsp3) is 0.409. The average Bonchev–Trinajstić information content (AvgIpc) is 3.51. The van der Waals surface area contributed by atoms with Crippen LogP contribution in [0.4, 0.5) is 13.2 Å². The van der Waals surface area contributed by atoms with Crippen molar-refractivity contribution in [3.8, 4) is 5.75 Å². The Labute approximate surface area is 177 Å². The van der Waals surface area contributed by atoms with Crippen LogP contribution >= 0.6 is 11.6 Å². The highest BCUT2D eigenvalue weighted by Crippen LogP contribution is 2.45. The number of aromatic carboxylic acids is 1. The number of carbonyl (C=O) groups is 1. The standard InChI is InChI=1S/C22H21ClF3NO3/c23-17-7-14(24)4-3-13(17)10-27-6-5-18(25)21(11-27)30-20-9-19(26)16(22(28)29)8-15(20)12-1-2-12/h3-4,7-9,12,18,21H,1-2,5-6,10-11H2,(H,28,29)/t18-,21?/m0/s1. The summed E-state index contributed by atoms with van der Waals surface area (Å²) in [5.74, 6) is -2.36. The van der Waals surface area contributed by atoms with Crippen molar-refractivity contribution < 1.29 is 27.8 Å². The van der Waals surface area contributed by atoms with Gasteiger partial charge in [-0.05, 0) is 54.5 Å². The van der Waals surface area contributed by atoms with Crippen molar-refractivity contribution in [2.45, 2.75) is 44.0 Å². The first-order chi connectivity index (χ1) is 14.3. The van der Waals surface area contributed by atoms with Crippen molar-refractivity contribution in [2.24, 2.45) is 0 Å². The van der Waals surface area contributed by atoms with Gasteiger partial charge in [0.05, 0.1) is 5.56 Å². The molecule has 0 amide bonds. The summed E-state index contributed by atoms with van der Waals surface area (Å²) >= 11 is 6.10. The van der Waals surface area contributed by atoms with Crippen molar-refractivity contribution in [1.29, 1.82) is 0 Å². The Morgan fingerprint density at radius 2 is 1.97 bits per heavy atom. The maximum Gasteiger partial charge on any atom is 0.338 e. The van der Waals surface area contributed by atoms with Crippen LogP contribution in [0.5, 0.6) is 5.75 Å². The van der Waals surface area contributed by atoms with Gasteiger partial charge in [-0.15, -0.1) is 0 Å². The van der Waals surface area contributed by atoms with Crippen LogP contribution < -0.4 is 4.74 Å².